The second-order valence-corrected chi connectivity index (χ2v) is 8.11. The highest BCUT2D eigenvalue weighted by Gasteiger charge is 2.33. The predicted molar refractivity (Wildman–Crippen MR) is 114 cm³/mol. The number of likely N-dealkylation sites (tertiary alicyclic amines) is 1. The minimum Gasteiger partial charge on any atom is -0.486 e. The van der Waals surface area contributed by atoms with Crippen LogP contribution in [0.5, 0.6) is 11.5 Å². The van der Waals surface area contributed by atoms with Crippen LogP contribution in [0.15, 0.2) is 59.4 Å². The van der Waals surface area contributed by atoms with Crippen LogP contribution in [-0.4, -0.2) is 41.2 Å². The summed E-state index contributed by atoms with van der Waals surface area (Å²) in [5, 5.41) is 2.22. The molecule has 1 aliphatic carbocycles. The maximum atomic E-state index is 12.4. The van der Waals surface area contributed by atoms with Crippen molar-refractivity contribution >= 4 is 16.7 Å². The van der Waals surface area contributed by atoms with Crippen LogP contribution in [0.4, 0.5) is 0 Å². The van der Waals surface area contributed by atoms with Crippen molar-refractivity contribution in [1.29, 1.82) is 0 Å². The Morgan fingerprint density at radius 1 is 1.00 bits per heavy atom. The molecule has 0 atom stereocenters. The number of rotatable bonds is 6. The Kier molecular flexibility index (Phi) is 4.69. The largest absolute Gasteiger partial charge is 0.486 e. The molecule has 2 aliphatic rings. The van der Waals surface area contributed by atoms with E-state index in [1.807, 2.05) is 60.0 Å². The zero-order valence-corrected chi connectivity index (χ0v) is 16.9. The predicted octanol–water partition coefficient (Wildman–Crippen LogP) is 3.31. The van der Waals surface area contributed by atoms with Crippen molar-refractivity contribution in [2.75, 3.05) is 19.7 Å². The Morgan fingerprint density at radius 2 is 1.77 bits per heavy atom. The number of carbonyl (C=O) groups is 1. The maximum absolute atomic E-state index is 12.4. The first-order valence-electron chi connectivity index (χ1n) is 10.4. The summed E-state index contributed by atoms with van der Waals surface area (Å²) in [6.07, 6.45) is 2.05. The SMILES string of the molecule is Cc1cc(OC2CN(C(=O)COc3ccc4ccccc4c3)C2)cc(=O)n1C1CC1. The van der Waals surface area contributed by atoms with Crippen molar-refractivity contribution in [3.8, 4) is 11.5 Å². The summed E-state index contributed by atoms with van der Waals surface area (Å²) in [6, 6.07) is 17.7. The second kappa shape index (κ2) is 7.52. The number of hydrogen-bond acceptors (Lipinski definition) is 4. The highest BCUT2D eigenvalue weighted by atomic mass is 16.5. The average molecular weight is 404 g/mol. The van der Waals surface area contributed by atoms with Gasteiger partial charge in [0.25, 0.3) is 11.5 Å². The van der Waals surface area contributed by atoms with Crippen LogP contribution in [0.3, 0.4) is 0 Å². The van der Waals surface area contributed by atoms with E-state index in [0.29, 0.717) is 30.6 Å². The van der Waals surface area contributed by atoms with Gasteiger partial charge in [0, 0.05) is 17.8 Å². The highest BCUT2D eigenvalue weighted by molar-refractivity contribution is 5.84. The highest BCUT2D eigenvalue weighted by Crippen LogP contribution is 2.35. The number of ether oxygens (including phenoxy) is 2. The van der Waals surface area contributed by atoms with Gasteiger partial charge in [-0.3, -0.25) is 9.59 Å². The summed E-state index contributed by atoms with van der Waals surface area (Å²) in [4.78, 5) is 26.4. The van der Waals surface area contributed by atoms with Gasteiger partial charge in [-0.2, -0.15) is 0 Å². The van der Waals surface area contributed by atoms with Crippen molar-refractivity contribution in [2.45, 2.75) is 31.9 Å². The molecule has 30 heavy (non-hydrogen) atoms. The lowest BCUT2D eigenvalue weighted by atomic mass is 10.1. The Bertz CT molecular complexity index is 1160. The molecule has 0 radical (unpaired) electrons. The van der Waals surface area contributed by atoms with Crippen molar-refractivity contribution in [1.82, 2.24) is 9.47 Å². The first-order chi connectivity index (χ1) is 14.6. The van der Waals surface area contributed by atoms with Crippen LogP contribution in [-0.2, 0) is 4.79 Å². The summed E-state index contributed by atoms with van der Waals surface area (Å²) >= 11 is 0. The van der Waals surface area contributed by atoms with Gasteiger partial charge >= 0.3 is 0 Å². The molecule has 6 heteroatoms. The summed E-state index contributed by atoms with van der Waals surface area (Å²) < 4.78 is 13.4. The van der Waals surface area contributed by atoms with Crippen LogP contribution in [0.25, 0.3) is 10.8 Å². The van der Waals surface area contributed by atoms with Gasteiger partial charge in [-0.25, -0.2) is 0 Å². The van der Waals surface area contributed by atoms with E-state index in [2.05, 4.69) is 0 Å². The first-order valence-corrected chi connectivity index (χ1v) is 10.4. The van der Waals surface area contributed by atoms with Crippen molar-refractivity contribution < 1.29 is 14.3 Å². The lowest BCUT2D eigenvalue weighted by Gasteiger charge is -2.38. The Hall–Kier alpha value is -3.28. The fourth-order valence-corrected chi connectivity index (χ4v) is 3.95. The molecule has 1 saturated heterocycles. The fraction of sp³-hybridized carbons (Fsp3) is 0.333. The monoisotopic (exact) mass is 404 g/mol. The number of pyridine rings is 1. The molecule has 1 aliphatic heterocycles. The quantitative estimate of drug-likeness (QED) is 0.632. The van der Waals surface area contributed by atoms with Gasteiger partial charge in [0.05, 0.1) is 13.1 Å². The number of aromatic nitrogens is 1. The molecule has 0 bridgehead atoms. The van der Waals surface area contributed by atoms with E-state index in [9.17, 15) is 9.59 Å². The lowest BCUT2D eigenvalue weighted by Crippen LogP contribution is -2.57. The van der Waals surface area contributed by atoms with Crippen molar-refractivity contribution in [2.24, 2.45) is 0 Å². The van der Waals surface area contributed by atoms with E-state index in [1.54, 1.807) is 11.0 Å². The zero-order valence-electron chi connectivity index (χ0n) is 16.9. The minimum absolute atomic E-state index is 0.00159. The molecule has 0 N–H and O–H groups in total. The van der Waals surface area contributed by atoms with Gasteiger partial charge < -0.3 is 18.9 Å². The molecule has 6 nitrogen and oxygen atoms in total. The topological polar surface area (TPSA) is 60.8 Å². The molecule has 1 amide bonds. The van der Waals surface area contributed by atoms with Gasteiger partial charge in [0.15, 0.2) is 6.61 Å². The number of carbonyl (C=O) groups excluding carboxylic acids is 1. The van der Waals surface area contributed by atoms with Crippen LogP contribution in [0, 0.1) is 6.92 Å². The summed E-state index contributed by atoms with van der Waals surface area (Å²) in [7, 11) is 0. The first kappa shape index (κ1) is 18.7. The molecule has 2 fully saturated rings. The molecule has 2 aromatic carbocycles. The Balaban J connectivity index is 1.13. The summed E-state index contributed by atoms with van der Waals surface area (Å²) in [5.41, 5.74) is 0.916. The molecule has 0 spiro atoms. The number of aryl methyl sites for hydroxylation is 1. The van der Waals surface area contributed by atoms with E-state index < -0.39 is 0 Å². The molecule has 2 heterocycles. The van der Waals surface area contributed by atoms with Crippen molar-refractivity contribution in [3.05, 3.63) is 70.6 Å². The van der Waals surface area contributed by atoms with E-state index in [1.165, 1.54) is 0 Å². The van der Waals surface area contributed by atoms with Crippen LogP contribution >= 0.6 is 0 Å². The maximum Gasteiger partial charge on any atom is 0.260 e. The number of fused-ring (bicyclic) bond motifs is 1. The van der Waals surface area contributed by atoms with E-state index in [0.717, 1.165) is 29.3 Å². The molecular formula is C24H24N2O4. The van der Waals surface area contributed by atoms with Gasteiger partial charge in [0.2, 0.25) is 0 Å². The summed E-state index contributed by atoms with van der Waals surface area (Å²) in [5.74, 6) is 1.20. The zero-order chi connectivity index (χ0) is 20.7. The third-order valence-corrected chi connectivity index (χ3v) is 5.73. The molecule has 3 aromatic rings. The normalized spacial score (nSPS) is 16.4. The minimum atomic E-state index is -0.0924. The Labute approximate surface area is 174 Å². The molecule has 154 valence electrons. The third-order valence-electron chi connectivity index (χ3n) is 5.73. The summed E-state index contributed by atoms with van der Waals surface area (Å²) in [6.45, 7) is 2.95. The van der Waals surface area contributed by atoms with E-state index in [-0.39, 0.29) is 24.2 Å². The molecular weight excluding hydrogens is 380 g/mol. The smallest absolute Gasteiger partial charge is 0.260 e. The van der Waals surface area contributed by atoms with Crippen LogP contribution in [0.2, 0.25) is 0 Å². The number of nitrogens with zero attached hydrogens (tertiary/aromatic N) is 2. The average Bonchev–Trinajstić information content (AvgIpc) is 3.53. The lowest BCUT2D eigenvalue weighted by molar-refractivity contribution is -0.142. The molecule has 0 unspecified atom stereocenters. The number of benzene rings is 2. The van der Waals surface area contributed by atoms with Gasteiger partial charge in [-0.15, -0.1) is 0 Å². The molecule has 5 rings (SSSR count). The van der Waals surface area contributed by atoms with Gasteiger partial charge in [-0.1, -0.05) is 30.3 Å². The van der Waals surface area contributed by atoms with E-state index in [4.69, 9.17) is 9.47 Å². The molecule has 1 saturated carbocycles. The van der Waals surface area contributed by atoms with E-state index >= 15 is 0 Å². The fourth-order valence-electron chi connectivity index (χ4n) is 3.95. The van der Waals surface area contributed by atoms with Crippen LogP contribution < -0.4 is 15.0 Å². The third kappa shape index (κ3) is 3.77. The standard InChI is InChI=1S/C24H24N2O4/c1-16-10-21(12-23(27)26(16)19-7-8-19)30-22-13-25(14-22)24(28)15-29-20-9-6-17-4-2-3-5-18(17)11-20/h2-6,9-12,19,22H,7-8,13-15H2,1H3. The Morgan fingerprint density at radius 3 is 2.50 bits per heavy atom. The van der Waals surface area contributed by atoms with Crippen molar-refractivity contribution in [3.63, 3.8) is 0 Å². The van der Waals surface area contributed by atoms with Gasteiger partial charge in [-0.05, 0) is 48.7 Å². The number of hydrogen-bond donors (Lipinski definition) is 0. The second-order valence-electron chi connectivity index (χ2n) is 8.11. The van der Waals surface area contributed by atoms with Gasteiger partial charge in [0.1, 0.15) is 17.6 Å². The van der Waals surface area contributed by atoms with Crippen LogP contribution in [0.1, 0.15) is 24.6 Å². The molecule has 1 aromatic heterocycles. The number of amides is 1.